The van der Waals surface area contributed by atoms with Crippen LogP contribution in [0.1, 0.15) is 12.8 Å². The van der Waals surface area contributed by atoms with Crippen molar-refractivity contribution in [3.8, 4) is 5.75 Å². The third-order valence-electron chi connectivity index (χ3n) is 3.28. The molecule has 0 bridgehead atoms. The summed E-state index contributed by atoms with van der Waals surface area (Å²) in [6.45, 7) is 0.280. The van der Waals surface area contributed by atoms with Gasteiger partial charge in [-0.3, -0.25) is 4.79 Å². The van der Waals surface area contributed by atoms with Gasteiger partial charge in [0.05, 0.1) is 20.0 Å². The number of methoxy groups -OCH3 is 1. The van der Waals surface area contributed by atoms with Gasteiger partial charge in [-0.25, -0.2) is 4.79 Å². The molecule has 0 saturated carbocycles. The fourth-order valence-electron chi connectivity index (χ4n) is 2.23. The van der Waals surface area contributed by atoms with Crippen molar-refractivity contribution in [2.45, 2.75) is 12.8 Å². The Hall–Kier alpha value is -2.76. The zero-order valence-corrected chi connectivity index (χ0v) is 12.0. The Morgan fingerprint density at radius 1 is 1.18 bits per heavy atom. The van der Waals surface area contributed by atoms with E-state index in [1.54, 1.807) is 18.4 Å². The molecule has 0 aliphatic heterocycles. The first-order valence-electron chi connectivity index (χ1n) is 6.83. The summed E-state index contributed by atoms with van der Waals surface area (Å²) in [4.78, 5) is 22.5. The lowest BCUT2D eigenvalue weighted by atomic mass is 10.1. The van der Waals surface area contributed by atoms with Crippen molar-refractivity contribution >= 4 is 27.9 Å². The van der Waals surface area contributed by atoms with Gasteiger partial charge in [-0.2, -0.15) is 0 Å². The van der Waals surface area contributed by atoms with E-state index in [4.69, 9.17) is 13.6 Å². The van der Waals surface area contributed by atoms with Crippen LogP contribution in [0.2, 0.25) is 0 Å². The molecule has 2 heterocycles. The molecule has 1 aromatic carbocycles. The lowest BCUT2D eigenvalue weighted by molar-refractivity contribution is -0.140. The molecule has 0 atom stereocenters. The highest BCUT2D eigenvalue weighted by molar-refractivity contribution is 5.99. The first-order chi connectivity index (χ1) is 10.7. The van der Waals surface area contributed by atoms with Crippen molar-refractivity contribution in [1.29, 1.82) is 0 Å². The number of benzene rings is 1. The summed E-state index contributed by atoms with van der Waals surface area (Å²) in [5, 5.41) is 1.60. The van der Waals surface area contributed by atoms with Crippen LogP contribution >= 0.6 is 0 Å². The van der Waals surface area contributed by atoms with Crippen LogP contribution in [-0.2, 0) is 9.53 Å². The van der Waals surface area contributed by atoms with Crippen LogP contribution in [0.3, 0.4) is 0 Å². The topological polar surface area (TPSA) is 78.9 Å². The Balaban J connectivity index is 1.94. The van der Waals surface area contributed by atoms with Gasteiger partial charge in [-0.1, -0.05) is 0 Å². The predicted octanol–water partition coefficient (Wildman–Crippen LogP) is 2.87. The van der Waals surface area contributed by atoms with Crippen molar-refractivity contribution in [3.63, 3.8) is 0 Å². The second kappa shape index (κ2) is 5.93. The average Bonchev–Trinajstić information content (AvgIpc) is 2.98. The number of hydrogen-bond acceptors (Lipinski definition) is 6. The molecule has 3 aromatic rings. The molecule has 114 valence electrons. The largest absolute Gasteiger partial charge is 0.486 e. The Morgan fingerprint density at radius 2 is 2.00 bits per heavy atom. The predicted molar refractivity (Wildman–Crippen MR) is 79.0 cm³/mol. The van der Waals surface area contributed by atoms with Crippen molar-refractivity contribution in [3.05, 3.63) is 40.9 Å². The Kier molecular flexibility index (Phi) is 3.82. The van der Waals surface area contributed by atoms with Crippen LogP contribution in [0.4, 0.5) is 0 Å². The van der Waals surface area contributed by atoms with E-state index in [1.165, 1.54) is 13.2 Å². The number of carbonyl (C=O) groups excluding carboxylic acids is 1. The highest BCUT2D eigenvalue weighted by atomic mass is 16.5. The SMILES string of the molecule is COC(=O)CCCOc1c2occc2cc2ccc(=O)oc12. The second-order valence-corrected chi connectivity index (χ2v) is 4.75. The number of esters is 1. The summed E-state index contributed by atoms with van der Waals surface area (Å²) in [5.74, 6) is 0.0799. The molecule has 0 saturated heterocycles. The summed E-state index contributed by atoms with van der Waals surface area (Å²) in [5.41, 5.74) is 0.394. The lowest BCUT2D eigenvalue weighted by Gasteiger charge is -2.08. The van der Waals surface area contributed by atoms with Gasteiger partial charge in [-0.15, -0.1) is 0 Å². The van der Waals surface area contributed by atoms with Crippen molar-refractivity contribution in [2.24, 2.45) is 0 Å². The first kappa shape index (κ1) is 14.2. The van der Waals surface area contributed by atoms with Gasteiger partial charge in [-0.05, 0) is 24.6 Å². The fraction of sp³-hybridized carbons (Fsp3) is 0.250. The van der Waals surface area contributed by atoms with Crippen LogP contribution < -0.4 is 10.4 Å². The fourth-order valence-corrected chi connectivity index (χ4v) is 2.23. The molecule has 0 radical (unpaired) electrons. The minimum absolute atomic E-state index is 0.256. The van der Waals surface area contributed by atoms with Crippen LogP contribution in [0, 0.1) is 0 Å². The third kappa shape index (κ3) is 2.67. The molecular formula is C16H14O6. The van der Waals surface area contributed by atoms with Gasteiger partial charge in [0.25, 0.3) is 0 Å². The molecule has 3 rings (SSSR count). The minimum atomic E-state index is -0.460. The van der Waals surface area contributed by atoms with Crippen LogP contribution in [0.5, 0.6) is 5.75 Å². The maximum Gasteiger partial charge on any atom is 0.336 e. The van der Waals surface area contributed by atoms with Gasteiger partial charge in [0, 0.05) is 23.3 Å². The number of carbonyl (C=O) groups is 1. The zero-order valence-electron chi connectivity index (χ0n) is 12.0. The van der Waals surface area contributed by atoms with E-state index in [9.17, 15) is 9.59 Å². The highest BCUT2D eigenvalue weighted by Gasteiger charge is 2.14. The van der Waals surface area contributed by atoms with Crippen molar-refractivity contribution in [1.82, 2.24) is 0 Å². The van der Waals surface area contributed by atoms with Gasteiger partial charge in [0.15, 0.2) is 11.2 Å². The standard InChI is InChI=1S/C16H14O6/c1-19-12(17)3-2-7-20-16-14-11(6-8-21-14)9-10-4-5-13(18)22-15(10)16/h4-6,8-9H,2-3,7H2,1H3. The van der Waals surface area contributed by atoms with Crippen LogP contribution in [0.15, 0.2) is 44.2 Å². The van der Waals surface area contributed by atoms with Gasteiger partial charge in [0.1, 0.15) is 0 Å². The second-order valence-electron chi connectivity index (χ2n) is 4.75. The Labute approximate surface area is 125 Å². The van der Waals surface area contributed by atoms with E-state index in [2.05, 4.69) is 4.74 Å². The smallest absolute Gasteiger partial charge is 0.336 e. The molecule has 0 unspecified atom stereocenters. The van der Waals surface area contributed by atoms with Crippen molar-refractivity contribution < 1.29 is 23.1 Å². The molecular weight excluding hydrogens is 288 g/mol. The summed E-state index contributed by atoms with van der Waals surface area (Å²) in [6, 6.07) is 6.70. The van der Waals surface area contributed by atoms with Gasteiger partial charge >= 0.3 is 11.6 Å². The maximum atomic E-state index is 11.5. The molecule has 22 heavy (non-hydrogen) atoms. The van der Waals surface area contributed by atoms with Crippen LogP contribution in [-0.4, -0.2) is 19.7 Å². The zero-order chi connectivity index (χ0) is 15.5. The van der Waals surface area contributed by atoms with E-state index >= 15 is 0 Å². The molecule has 0 aliphatic rings. The first-order valence-corrected chi connectivity index (χ1v) is 6.83. The quantitative estimate of drug-likeness (QED) is 0.409. The molecule has 0 amide bonds. The number of rotatable bonds is 5. The molecule has 6 heteroatoms. The Bertz CT molecular complexity index is 873. The van der Waals surface area contributed by atoms with E-state index in [-0.39, 0.29) is 19.0 Å². The molecule has 0 aliphatic carbocycles. The van der Waals surface area contributed by atoms with Crippen molar-refractivity contribution in [2.75, 3.05) is 13.7 Å². The monoisotopic (exact) mass is 302 g/mol. The summed E-state index contributed by atoms with van der Waals surface area (Å²) in [6.07, 6.45) is 2.29. The Morgan fingerprint density at radius 3 is 2.82 bits per heavy atom. The van der Waals surface area contributed by atoms with Gasteiger partial charge in [0.2, 0.25) is 5.75 Å². The maximum absolute atomic E-state index is 11.5. The normalized spacial score (nSPS) is 11.0. The molecule has 0 spiro atoms. The van der Waals surface area contributed by atoms with Gasteiger partial charge < -0.3 is 18.3 Å². The van der Waals surface area contributed by atoms with E-state index in [1.807, 2.05) is 6.07 Å². The van der Waals surface area contributed by atoms with E-state index < -0.39 is 5.63 Å². The molecule has 0 fully saturated rings. The summed E-state index contributed by atoms with van der Waals surface area (Å²) < 4.78 is 20.9. The summed E-state index contributed by atoms with van der Waals surface area (Å²) in [7, 11) is 1.34. The molecule has 0 N–H and O–H groups in total. The third-order valence-corrected chi connectivity index (χ3v) is 3.28. The van der Waals surface area contributed by atoms with E-state index in [0.29, 0.717) is 23.3 Å². The summed E-state index contributed by atoms with van der Waals surface area (Å²) >= 11 is 0. The van der Waals surface area contributed by atoms with Crippen LogP contribution in [0.25, 0.3) is 21.9 Å². The highest BCUT2D eigenvalue weighted by Crippen LogP contribution is 2.34. The minimum Gasteiger partial charge on any atom is -0.486 e. The lowest BCUT2D eigenvalue weighted by Crippen LogP contribution is -2.05. The number of ether oxygens (including phenoxy) is 2. The molecule has 2 aromatic heterocycles. The number of hydrogen-bond donors (Lipinski definition) is 0. The average molecular weight is 302 g/mol. The number of furan rings is 1. The molecule has 6 nitrogen and oxygen atoms in total. The number of fused-ring (bicyclic) bond motifs is 2. The van der Waals surface area contributed by atoms with E-state index in [0.717, 1.165) is 10.8 Å².